The van der Waals surface area contributed by atoms with E-state index in [4.69, 9.17) is 0 Å². The van der Waals surface area contributed by atoms with Gasteiger partial charge in [0.1, 0.15) is 0 Å². The number of carbonyl (C=O) groups is 1. The molecule has 0 aromatic rings. The van der Waals surface area contributed by atoms with E-state index in [2.05, 4.69) is 31.3 Å². The Labute approximate surface area is 275 Å². The van der Waals surface area contributed by atoms with E-state index in [0.29, 0.717) is 6.42 Å². The van der Waals surface area contributed by atoms with Crippen LogP contribution < -0.4 is 5.32 Å². The Hall–Kier alpha value is -1.13. The Morgan fingerprint density at radius 3 is 1.32 bits per heavy atom. The zero-order valence-electron chi connectivity index (χ0n) is 29.7. The van der Waals surface area contributed by atoms with Crippen LogP contribution in [0, 0.1) is 0 Å². The minimum absolute atomic E-state index is 0.0730. The second-order valence-corrected chi connectivity index (χ2v) is 13.3. The van der Waals surface area contributed by atoms with Crippen molar-refractivity contribution in [3.05, 3.63) is 24.3 Å². The molecule has 0 radical (unpaired) electrons. The van der Waals surface area contributed by atoms with Gasteiger partial charge in [-0.1, -0.05) is 192 Å². The molecule has 2 atom stereocenters. The first-order chi connectivity index (χ1) is 21.7. The fourth-order valence-corrected chi connectivity index (χ4v) is 5.90. The molecule has 260 valence electrons. The molecule has 0 saturated heterocycles. The predicted molar refractivity (Wildman–Crippen MR) is 193 cm³/mol. The van der Waals surface area contributed by atoms with E-state index in [1.165, 1.54) is 154 Å². The van der Waals surface area contributed by atoms with Gasteiger partial charge < -0.3 is 15.5 Å². The Morgan fingerprint density at radius 1 is 0.523 bits per heavy atom. The SMILES string of the molecule is CCCCCCC/C=C/CC/C=C/C(O)C(CO)NC(=O)CCCCCCCCCCCCCCCCCCCCCCC. The minimum atomic E-state index is -0.855. The standard InChI is InChI=1S/C40H77NO3/c1-3-5-7-9-11-13-15-16-17-18-19-20-21-22-23-24-26-28-30-32-34-36-40(44)41-38(37-42)39(43)35-33-31-29-27-25-14-12-10-8-6-4-2/h25,27,33,35,38-39,42-43H,3-24,26,28-32,34,36-37H2,1-2H3,(H,41,44)/b27-25+,35-33+. The van der Waals surface area contributed by atoms with Crippen molar-refractivity contribution < 1.29 is 15.0 Å². The summed E-state index contributed by atoms with van der Waals surface area (Å²) < 4.78 is 0. The summed E-state index contributed by atoms with van der Waals surface area (Å²) in [5.74, 6) is -0.0730. The van der Waals surface area contributed by atoms with Gasteiger partial charge in [0.05, 0.1) is 18.8 Å². The summed E-state index contributed by atoms with van der Waals surface area (Å²) in [7, 11) is 0. The molecular formula is C40H77NO3. The maximum absolute atomic E-state index is 12.3. The maximum atomic E-state index is 12.3. The van der Waals surface area contributed by atoms with Crippen molar-refractivity contribution in [2.24, 2.45) is 0 Å². The molecule has 4 heteroatoms. The molecule has 1 amide bonds. The molecule has 0 heterocycles. The highest BCUT2D eigenvalue weighted by atomic mass is 16.3. The summed E-state index contributed by atoms with van der Waals surface area (Å²) in [5.41, 5.74) is 0. The number of carbonyl (C=O) groups excluding carboxylic acids is 1. The third-order valence-corrected chi connectivity index (χ3v) is 8.94. The largest absolute Gasteiger partial charge is 0.394 e. The van der Waals surface area contributed by atoms with Crippen molar-refractivity contribution in [3.63, 3.8) is 0 Å². The highest BCUT2D eigenvalue weighted by Crippen LogP contribution is 2.15. The number of hydrogen-bond acceptors (Lipinski definition) is 3. The van der Waals surface area contributed by atoms with Crippen LogP contribution in [0.4, 0.5) is 0 Å². The van der Waals surface area contributed by atoms with Crippen LogP contribution in [0.15, 0.2) is 24.3 Å². The highest BCUT2D eigenvalue weighted by molar-refractivity contribution is 5.76. The van der Waals surface area contributed by atoms with E-state index in [9.17, 15) is 15.0 Å². The van der Waals surface area contributed by atoms with E-state index in [-0.39, 0.29) is 12.5 Å². The van der Waals surface area contributed by atoms with Crippen LogP contribution in [0.2, 0.25) is 0 Å². The molecule has 0 aliphatic carbocycles. The third kappa shape index (κ3) is 32.3. The van der Waals surface area contributed by atoms with Crippen LogP contribution in [-0.2, 0) is 4.79 Å². The first-order valence-corrected chi connectivity index (χ1v) is 19.6. The normalized spacial score (nSPS) is 13.3. The van der Waals surface area contributed by atoms with Crippen molar-refractivity contribution in [2.45, 2.75) is 219 Å². The third-order valence-electron chi connectivity index (χ3n) is 8.94. The van der Waals surface area contributed by atoms with E-state index < -0.39 is 12.1 Å². The van der Waals surface area contributed by atoms with Crippen molar-refractivity contribution in [1.29, 1.82) is 0 Å². The molecule has 0 aromatic heterocycles. The molecular weight excluding hydrogens is 542 g/mol. The van der Waals surface area contributed by atoms with Gasteiger partial charge in [0.25, 0.3) is 0 Å². The highest BCUT2D eigenvalue weighted by Gasteiger charge is 2.17. The topological polar surface area (TPSA) is 69.6 Å². The van der Waals surface area contributed by atoms with Gasteiger partial charge in [-0.2, -0.15) is 0 Å². The van der Waals surface area contributed by atoms with E-state index in [1.54, 1.807) is 6.08 Å². The van der Waals surface area contributed by atoms with Crippen LogP contribution in [0.5, 0.6) is 0 Å². The molecule has 0 fully saturated rings. The molecule has 0 rings (SSSR count). The average Bonchev–Trinajstić information content (AvgIpc) is 3.03. The van der Waals surface area contributed by atoms with Gasteiger partial charge in [0, 0.05) is 6.42 Å². The molecule has 0 aliphatic heterocycles. The van der Waals surface area contributed by atoms with Gasteiger partial charge >= 0.3 is 0 Å². The minimum Gasteiger partial charge on any atom is -0.394 e. The summed E-state index contributed by atoms with van der Waals surface area (Å²) in [4.78, 5) is 12.3. The number of allylic oxidation sites excluding steroid dienone is 3. The van der Waals surface area contributed by atoms with Crippen LogP contribution in [0.25, 0.3) is 0 Å². The Balaban J connectivity index is 3.54. The van der Waals surface area contributed by atoms with E-state index in [0.717, 1.165) is 32.1 Å². The van der Waals surface area contributed by atoms with Gasteiger partial charge in [-0.3, -0.25) is 4.79 Å². The predicted octanol–water partition coefficient (Wildman–Crippen LogP) is 11.7. The van der Waals surface area contributed by atoms with Crippen LogP contribution in [0.1, 0.15) is 206 Å². The maximum Gasteiger partial charge on any atom is 0.220 e. The number of aliphatic hydroxyl groups is 2. The average molecular weight is 620 g/mol. The molecule has 44 heavy (non-hydrogen) atoms. The quantitative estimate of drug-likeness (QED) is 0.0488. The van der Waals surface area contributed by atoms with Crippen molar-refractivity contribution in [1.82, 2.24) is 5.32 Å². The lowest BCUT2D eigenvalue weighted by atomic mass is 10.0. The summed E-state index contributed by atoms with van der Waals surface area (Å²) in [6.45, 7) is 4.27. The first kappa shape index (κ1) is 42.9. The summed E-state index contributed by atoms with van der Waals surface area (Å²) in [6, 6.07) is -0.632. The molecule has 3 N–H and O–H groups in total. The van der Waals surface area contributed by atoms with Crippen LogP contribution in [-0.4, -0.2) is 34.9 Å². The number of rotatable bonds is 35. The van der Waals surface area contributed by atoms with E-state index in [1.807, 2.05) is 6.08 Å². The molecule has 4 nitrogen and oxygen atoms in total. The fraction of sp³-hybridized carbons (Fsp3) is 0.875. The van der Waals surface area contributed by atoms with Crippen molar-refractivity contribution in [2.75, 3.05) is 6.61 Å². The molecule has 0 saturated carbocycles. The first-order valence-electron chi connectivity index (χ1n) is 19.6. The monoisotopic (exact) mass is 620 g/mol. The fourth-order valence-electron chi connectivity index (χ4n) is 5.90. The van der Waals surface area contributed by atoms with Crippen molar-refractivity contribution >= 4 is 5.91 Å². The summed E-state index contributed by atoms with van der Waals surface area (Å²) >= 11 is 0. The van der Waals surface area contributed by atoms with Gasteiger partial charge in [-0.15, -0.1) is 0 Å². The molecule has 2 unspecified atom stereocenters. The van der Waals surface area contributed by atoms with Gasteiger partial charge in [0.15, 0.2) is 0 Å². The molecule has 0 spiro atoms. The Morgan fingerprint density at radius 2 is 0.886 bits per heavy atom. The van der Waals surface area contributed by atoms with Gasteiger partial charge in [-0.05, 0) is 32.1 Å². The lowest BCUT2D eigenvalue weighted by molar-refractivity contribution is -0.123. The van der Waals surface area contributed by atoms with Crippen LogP contribution >= 0.6 is 0 Å². The van der Waals surface area contributed by atoms with Gasteiger partial charge in [-0.25, -0.2) is 0 Å². The summed E-state index contributed by atoms with van der Waals surface area (Å²) in [6.07, 6.45) is 45.6. The number of hydrogen-bond donors (Lipinski definition) is 3. The van der Waals surface area contributed by atoms with Crippen LogP contribution in [0.3, 0.4) is 0 Å². The van der Waals surface area contributed by atoms with E-state index >= 15 is 0 Å². The number of unbranched alkanes of at least 4 members (excludes halogenated alkanes) is 26. The van der Waals surface area contributed by atoms with Gasteiger partial charge in [0.2, 0.25) is 5.91 Å². The smallest absolute Gasteiger partial charge is 0.220 e. The van der Waals surface area contributed by atoms with Crippen molar-refractivity contribution in [3.8, 4) is 0 Å². The second-order valence-electron chi connectivity index (χ2n) is 13.3. The Kier molecular flexibility index (Phi) is 35.4. The zero-order chi connectivity index (χ0) is 32.2. The zero-order valence-corrected chi connectivity index (χ0v) is 29.7. The molecule has 0 bridgehead atoms. The Bertz CT molecular complexity index is 632. The second kappa shape index (κ2) is 36.3. The summed E-state index contributed by atoms with van der Waals surface area (Å²) in [5, 5.41) is 22.8. The lowest BCUT2D eigenvalue weighted by Crippen LogP contribution is -2.45. The number of nitrogens with one attached hydrogen (secondary N) is 1. The molecule has 0 aromatic carbocycles. The lowest BCUT2D eigenvalue weighted by Gasteiger charge is -2.19. The molecule has 0 aliphatic rings. The number of aliphatic hydroxyl groups excluding tert-OH is 2. The number of amides is 1.